The third-order valence-electron chi connectivity index (χ3n) is 2.71. The van der Waals surface area contributed by atoms with E-state index >= 15 is 0 Å². The summed E-state index contributed by atoms with van der Waals surface area (Å²) in [7, 11) is 3.74. The largest absolute Gasteiger partial charge is 0.383 e. The number of nitrogens with two attached hydrogens (primary N) is 1. The average Bonchev–Trinajstić information content (AvgIpc) is 2.30. The number of methoxy groups -OCH3 is 1. The van der Waals surface area contributed by atoms with Gasteiger partial charge in [-0.2, -0.15) is 0 Å². The van der Waals surface area contributed by atoms with E-state index in [4.69, 9.17) is 10.5 Å². The summed E-state index contributed by atoms with van der Waals surface area (Å²) in [5.41, 5.74) is 5.73. The van der Waals surface area contributed by atoms with Gasteiger partial charge in [-0.25, -0.2) is 0 Å². The Bertz CT molecular complexity index is 210. The molecule has 0 aliphatic carbocycles. The Morgan fingerprint density at radius 2 is 2.06 bits per heavy atom. The molecule has 0 aromatic carbocycles. The van der Waals surface area contributed by atoms with Crippen molar-refractivity contribution in [2.24, 2.45) is 11.7 Å². The normalized spacial score (nSPS) is 13.1. The lowest BCUT2D eigenvalue weighted by molar-refractivity contribution is -0.123. The number of carbonyl (C=O) groups excluding carboxylic acids is 1. The average molecular weight is 245 g/mol. The van der Waals surface area contributed by atoms with Crippen molar-refractivity contribution in [3.8, 4) is 0 Å². The highest BCUT2D eigenvalue weighted by Gasteiger charge is 2.16. The first-order chi connectivity index (χ1) is 7.99. The molecule has 0 aliphatic heterocycles. The molecule has 0 saturated carbocycles. The van der Waals surface area contributed by atoms with E-state index in [9.17, 15) is 4.79 Å². The lowest BCUT2D eigenvalue weighted by Gasteiger charge is -2.17. The summed E-state index contributed by atoms with van der Waals surface area (Å²) >= 11 is 0. The maximum absolute atomic E-state index is 11.5. The number of carbonyl (C=O) groups is 1. The van der Waals surface area contributed by atoms with Crippen LogP contribution >= 0.6 is 0 Å². The van der Waals surface area contributed by atoms with Crippen molar-refractivity contribution in [1.82, 2.24) is 10.2 Å². The van der Waals surface area contributed by atoms with E-state index < -0.39 is 6.04 Å². The standard InChI is InChI=1S/C12H27N3O2/c1-10(2)11(13)12(16)14-6-5-7-15(3)8-9-17-4/h10-11H,5-9,13H2,1-4H3,(H,14,16)/t11-/m0/s1. The zero-order valence-electron chi connectivity index (χ0n) is 11.5. The maximum atomic E-state index is 11.5. The predicted octanol–water partition coefficient (Wildman–Crippen LogP) is 0.0542. The molecule has 1 atom stereocenters. The van der Waals surface area contributed by atoms with Gasteiger partial charge in [0.2, 0.25) is 5.91 Å². The van der Waals surface area contributed by atoms with E-state index in [1.165, 1.54) is 0 Å². The van der Waals surface area contributed by atoms with Crippen molar-refractivity contribution in [1.29, 1.82) is 0 Å². The minimum absolute atomic E-state index is 0.0560. The number of amides is 1. The van der Waals surface area contributed by atoms with E-state index in [1.807, 2.05) is 20.9 Å². The second kappa shape index (κ2) is 9.39. The number of nitrogens with zero attached hydrogens (tertiary/aromatic N) is 1. The highest BCUT2D eigenvalue weighted by molar-refractivity contribution is 5.81. The van der Waals surface area contributed by atoms with Crippen molar-refractivity contribution >= 4 is 5.91 Å². The third kappa shape index (κ3) is 8.12. The molecule has 0 aliphatic rings. The molecule has 0 aromatic rings. The molecule has 5 nitrogen and oxygen atoms in total. The summed E-state index contributed by atoms with van der Waals surface area (Å²) in [6.07, 6.45) is 0.927. The molecule has 0 rings (SSSR count). The van der Waals surface area contributed by atoms with Crippen LogP contribution in [0.3, 0.4) is 0 Å². The molecule has 0 heterocycles. The van der Waals surface area contributed by atoms with Crippen LogP contribution in [0.2, 0.25) is 0 Å². The van der Waals surface area contributed by atoms with Crippen LogP contribution in [0.5, 0.6) is 0 Å². The van der Waals surface area contributed by atoms with Crippen molar-refractivity contribution in [2.75, 3.05) is 40.4 Å². The molecule has 0 radical (unpaired) electrons. The Hall–Kier alpha value is -0.650. The van der Waals surface area contributed by atoms with E-state index in [-0.39, 0.29) is 11.8 Å². The summed E-state index contributed by atoms with van der Waals surface area (Å²) in [6.45, 7) is 7.17. The predicted molar refractivity (Wildman–Crippen MR) is 69.8 cm³/mol. The number of nitrogens with one attached hydrogen (secondary N) is 1. The van der Waals surface area contributed by atoms with Crippen LogP contribution in [0.15, 0.2) is 0 Å². The summed E-state index contributed by atoms with van der Waals surface area (Å²) in [5, 5.41) is 2.85. The van der Waals surface area contributed by atoms with Crippen molar-refractivity contribution in [3.63, 3.8) is 0 Å². The molecule has 0 unspecified atom stereocenters. The van der Waals surface area contributed by atoms with Gasteiger partial charge in [0.15, 0.2) is 0 Å². The van der Waals surface area contributed by atoms with Crippen LogP contribution in [0, 0.1) is 5.92 Å². The molecule has 3 N–H and O–H groups in total. The van der Waals surface area contributed by atoms with Crippen LogP contribution in [-0.4, -0.2) is 57.2 Å². The van der Waals surface area contributed by atoms with Crippen LogP contribution in [0.4, 0.5) is 0 Å². The van der Waals surface area contributed by atoms with Gasteiger partial charge in [-0.05, 0) is 25.9 Å². The van der Waals surface area contributed by atoms with Crippen LogP contribution in [0.1, 0.15) is 20.3 Å². The Morgan fingerprint density at radius 3 is 2.59 bits per heavy atom. The molecular formula is C12H27N3O2. The Labute approximate surface area is 105 Å². The number of rotatable bonds is 9. The quantitative estimate of drug-likeness (QED) is 0.563. The van der Waals surface area contributed by atoms with Gasteiger partial charge in [-0.3, -0.25) is 4.79 Å². The van der Waals surface area contributed by atoms with E-state index in [0.29, 0.717) is 6.54 Å². The Morgan fingerprint density at radius 1 is 1.41 bits per heavy atom. The molecule has 17 heavy (non-hydrogen) atoms. The number of hydrogen-bond donors (Lipinski definition) is 2. The van der Waals surface area contributed by atoms with Crippen molar-refractivity contribution in [2.45, 2.75) is 26.3 Å². The molecule has 0 bridgehead atoms. The molecule has 0 aromatic heterocycles. The van der Waals surface area contributed by atoms with Crippen LogP contribution < -0.4 is 11.1 Å². The molecule has 0 spiro atoms. The van der Waals surface area contributed by atoms with E-state index in [1.54, 1.807) is 7.11 Å². The van der Waals surface area contributed by atoms with Gasteiger partial charge in [0, 0.05) is 20.2 Å². The van der Waals surface area contributed by atoms with Gasteiger partial charge in [-0.15, -0.1) is 0 Å². The zero-order valence-corrected chi connectivity index (χ0v) is 11.5. The van der Waals surface area contributed by atoms with Gasteiger partial charge >= 0.3 is 0 Å². The first kappa shape index (κ1) is 16.4. The number of hydrogen-bond acceptors (Lipinski definition) is 4. The molecule has 0 saturated heterocycles. The van der Waals surface area contributed by atoms with Gasteiger partial charge in [0.1, 0.15) is 0 Å². The van der Waals surface area contributed by atoms with Crippen LogP contribution in [-0.2, 0) is 9.53 Å². The first-order valence-corrected chi connectivity index (χ1v) is 6.19. The van der Waals surface area contributed by atoms with Crippen molar-refractivity contribution in [3.05, 3.63) is 0 Å². The topological polar surface area (TPSA) is 67.6 Å². The number of likely N-dealkylation sites (N-methyl/N-ethyl adjacent to an activating group) is 1. The summed E-state index contributed by atoms with van der Waals surface area (Å²) < 4.78 is 4.99. The van der Waals surface area contributed by atoms with Crippen molar-refractivity contribution < 1.29 is 9.53 Å². The Balaban J connectivity index is 3.54. The molecular weight excluding hydrogens is 218 g/mol. The first-order valence-electron chi connectivity index (χ1n) is 6.19. The monoisotopic (exact) mass is 245 g/mol. The van der Waals surface area contributed by atoms with Gasteiger partial charge in [0.25, 0.3) is 0 Å². The summed E-state index contributed by atoms with van der Waals surface area (Å²) in [6, 6.07) is -0.402. The van der Waals surface area contributed by atoms with Gasteiger partial charge in [-0.1, -0.05) is 13.8 Å². The van der Waals surface area contributed by atoms with E-state index in [0.717, 1.165) is 26.1 Å². The fourth-order valence-corrected chi connectivity index (χ4v) is 1.34. The number of ether oxygens (including phenoxy) is 1. The minimum atomic E-state index is -0.402. The lowest BCUT2D eigenvalue weighted by atomic mass is 10.1. The fourth-order valence-electron chi connectivity index (χ4n) is 1.34. The molecule has 1 amide bonds. The van der Waals surface area contributed by atoms with Gasteiger partial charge < -0.3 is 20.7 Å². The summed E-state index contributed by atoms with van der Waals surface area (Å²) in [4.78, 5) is 13.7. The smallest absolute Gasteiger partial charge is 0.237 e. The second-order valence-electron chi connectivity index (χ2n) is 4.71. The van der Waals surface area contributed by atoms with Crippen LogP contribution in [0.25, 0.3) is 0 Å². The summed E-state index contributed by atoms with van der Waals surface area (Å²) in [5.74, 6) is 0.124. The third-order valence-corrected chi connectivity index (χ3v) is 2.71. The highest BCUT2D eigenvalue weighted by Crippen LogP contribution is 1.97. The lowest BCUT2D eigenvalue weighted by Crippen LogP contribution is -2.44. The second-order valence-corrected chi connectivity index (χ2v) is 4.71. The van der Waals surface area contributed by atoms with Gasteiger partial charge in [0.05, 0.1) is 12.6 Å². The highest BCUT2D eigenvalue weighted by atomic mass is 16.5. The molecule has 0 fully saturated rings. The van der Waals surface area contributed by atoms with E-state index in [2.05, 4.69) is 10.2 Å². The SMILES string of the molecule is COCCN(C)CCCNC(=O)[C@@H](N)C(C)C. The maximum Gasteiger partial charge on any atom is 0.237 e. The Kier molecular flexibility index (Phi) is 9.03. The molecule has 5 heteroatoms. The molecule has 102 valence electrons. The minimum Gasteiger partial charge on any atom is -0.383 e. The zero-order chi connectivity index (χ0) is 13.3. The fraction of sp³-hybridized carbons (Fsp3) is 0.917.